The third-order valence-electron chi connectivity index (χ3n) is 2.31. The summed E-state index contributed by atoms with van der Waals surface area (Å²) in [4.78, 5) is 14.1. The number of rotatable bonds is 7. The average molecular weight is 225 g/mol. The summed E-state index contributed by atoms with van der Waals surface area (Å²) >= 11 is 0. The molecule has 1 amide bonds. The lowest BCUT2D eigenvalue weighted by Crippen LogP contribution is -2.37. The van der Waals surface area contributed by atoms with Gasteiger partial charge in [0.1, 0.15) is 0 Å². The van der Waals surface area contributed by atoms with Gasteiger partial charge in [0.05, 0.1) is 0 Å². The fourth-order valence-corrected chi connectivity index (χ4v) is 1.75. The molecule has 0 aromatic heterocycles. The fourth-order valence-electron chi connectivity index (χ4n) is 1.75. The van der Waals surface area contributed by atoms with Crippen LogP contribution in [0.15, 0.2) is 12.2 Å². The standard InChI is InChI=1S/C14H27NO/c1-7-8-13(6)14(16)15(9-11(2)3)10-12(4)5/h11-12H,6-10H2,1-5H3. The van der Waals surface area contributed by atoms with Crippen LogP contribution in [0, 0.1) is 11.8 Å². The summed E-state index contributed by atoms with van der Waals surface area (Å²) < 4.78 is 0. The number of amides is 1. The summed E-state index contributed by atoms with van der Waals surface area (Å²) in [5.41, 5.74) is 0.754. The predicted molar refractivity (Wildman–Crippen MR) is 70.3 cm³/mol. The summed E-state index contributed by atoms with van der Waals surface area (Å²) in [6.45, 7) is 16.2. The Bertz CT molecular complexity index is 221. The van der Waals surface area contributed by atoms with E-state index in [0.717, 1.165) is 31.5 Å². The van der Waals surface area contributed by atoms with E-state index < -0.39 is 0 Å². The van der Waals surface area contributed by atoms with Gasteiger partial charge in [-0.1, -0.05) is 47.6 Å². The average Bonchev–Trinajstić information content (AvgIpc) is 2.14. The molecule has 0 aromatic rings. The van der Waals surface area contributed by atoms with E-state index in [9.17, 15) is 4.79 Å². The molecule has 0 saturated carbocycles. The van der Waals surface area contributed by atoms with Crippen molar-refractivity contribution in [3.05, 3.63) is 12.2 Å². The molecule has 0 rings (SSSR count). The van der Waals surface area contributed by atoms with Crippen molar-refractivity contribution in [3.8, 4) is 0 Å². The zero-order valence-corrected chi connectivity index (χ0v) is 11.5. The van der Waals surface area contributed by atoms with Gasteiger partial charge in [-0.2, -0.15) is 0 Å². The minimum Gasteiger partial charge on any atom is -0.338 e. The maximum atomic E-state index is 12.1. The highest BCUT2D eigenvalue weighted by Crippen LogP contribution is 2.11. The Morgan fingerprint density at radius 2 is 1.56 bits per heavy atom. The molecule has 0 atom stereocenters. The van der Waals surface area contributed by atoms with Crippen LogP contribution in [-0.4, -0.2) is 23.9 Å². The second kappa shape index (κ2) is 7.48. The van der Waals surface area contributed by atoms with Crippen LogP contribution in [0.5, 0.6) is 0 Å². The van der Waals surface area contributed by atoms with Crippen LogP contribution in [-0.2, 0) is 4.79 Å². The van der Waals surface area contributed by atoms with Crippen LogP contribution in [0.3, 0.4) is 0 Å². The minimum absolute atomic E-state index is 0.143. The van der Waals surface area contributed by atoms with Gasteiger partial charge in [0, 0.05) is 18.7 Å². The Kier molecular flexibility index (Phi) is 7.11. The quantitative estimate of drug-likeness (QED) is 0.607. The molecule has 0 aliphatic rings. The van der Waals surface area contributed by atoms with Gasteiger partial charge in [-0.25, -0.2) is 0 Å². The molecule has 0 heterocycles. The van der Waals surface area contributed by atoms with Gasteiger partial charge in [-0.3, -0.25) is 4.79 Å². The molecule has 0 fully saturated rings. The van der Waals surface area contributed by atoms with Crippen LogP contribution in [0.2, 0.25) is 0 Å². The Hall–Kier alpha value is -0.790. The Balaban J connectivity index is 4.48. The first-order valence-corrected chi connectivity index (χ1v) is 6.35. The lowest BCUT2D eigenvalue weighted by molar-refractivity contribution is -0.128. The summed E-state index contributed by atoms with van der Waals surface area (Å²) in [7, 11) is 0. The van der Waals surface area contributed by atoms with Crippen molar-refractivity contribution in [1.29, 1.82) is 0 Å². The molecule has 0 radical (unpaired) electrons. The molecular weight excluding hydrogens is 198 g/mol. The van der Waals surface area contributed by atoms with Gasteiger partial charge in [-0.15, -0.1) is 0 Å². The van der Waals surface area contributed by atoms with E-state index in [1.165, 1.54) is 0 Å². The van der Waals surface area contributed by atoms with Crippen molar-refractivity contribution in [2.45, 2.75) is 47.5 Å². The summed E-state index contributed by atoms with van der Waals surface area (Å²) in [6.07, 6.45) is 1.80. The molecule has 94 valence electrons. The van der Waals surface area contributed by atoms with Gasteiger partial charge in [0.15, 0.2) is 0 Å². The third-order valence-corrected chi connectivity index (χ3v) is 2.31. The number of carbonyl (C=O) groups is 1. The molecule has 0 aliphatic heterocycles. The monoisotopic (exact) mass is 225 g/mol. The molecular formula is C14H27NO. The Morgan fingerprint density at radius 1 is 1.12 bits per heavy atom. The molecule has 2 heteroatoms. The van der Waals surface area contributed by atoms with Gasteiger partial charge >= 0.3 is 0 Å². The van der Waals surface area contributed by atoms with E-state index in [4.69, 9.17) is 0 Å². The molecule has 0 unspecified atom stereocenters. The molecule has 0 saturated heterocycles. The van der Waals surface area contributed by atoms with Crippen molar-refractivity contribution < 1.29 is 4.79 Å². The van der Waals surface area contributed by atoms with E-state index in [1.54, 1.807) is 0 Å². The van der Waals surface area contributed by atoms with Crippen molar-refractivity contribution in [2.24, 2.45) is 11.8 Å². The van der Waals surface area contributed by atoms with Crippen molar-refractivity contribution in [1.82, 2.24) is 4.90 Å². The lowest BCUT2D eigenvalue weighted by Gasteiger charge is -2.27. The SMILES string of the molecule is C=C(CCC)C(=O)N(CC(C)C)CC(C)C. The highest BCUT2D eigenvalue weighted by atomic mass is 16.2. The second-order valence-electron chi connectivity index (χ2n) is 5.35. The largest absolute Gasteiger partial charge is 0.338 e. The first-order chi connectivity index (χ1) is 7.38. The lowest BCUT2D eigenvalue weighted by atomic mass is 10.1. The number of hydrogen-bond acceptors (Lipinski definition) is 1. The number of nitrogens with zero attached hydrogens (tertiary/aromatic N) is 1. The van der Waals surface area contributed by atoms with Crippen molar-refractivity contribution >= 4 is 5.91 Å². The van der Waals surface area contributed by atoms with Crippen molar-refractivity contribution in [2.75, 3.05) is 13.1 Å². The second-order valence-corrected chi connectivity index (χ2v) is 5.35. The summed E-state index contributed by atoms with van der Waals surface area (Å²) in [5, 5.41) is 0. The molecule has 2 nitrogen and oxygen atoms in total. The smallest absolute Gasteiger partial charge is 0.249 e. The molecule has 0 bridgehead atoms. The van der Waals surface area contributed by atoms with E-state index in [1.807, 2.05) is 4.90 Å². The third kappa shape index (κ3) is 5.94. The van der Waals surface area contributed by atoms with Gasteiger partial charge in [0.25, 0.3) is 0 Å². The number of hydrogen-bond donors (Lipinski definition) is 0. The zero-order valence-electron chi connectivity index (χ0n) is 11.5. The highest BCUT2D eigenvalue weighted by Gasteiger charge is 2.18. The van der Waals surface area contributed by atoms with Crippen molar-refractivity contribution in [3.63, 3.8) is 0 Å². The van der Waals surface area contributed by atoms with E-state index in [0.29, 0.717) is 11.8 Å². The highest BCUT2D eigenvalue weighted by molar-refractivity contribution is 5.92. The topological polar surface area (TPSA) is 20.3 Å². The number of carbonyl (C=O) groups excluding carboxylic acids is 1. The van der Waals surface area contributed by atoms with Crippen LogP contribution in [0.4, 0.5) is 0 Å². The van der Waals surface area contributed by atoms with E-state index in [-0.39, 0.29) is 5.91 Å². The van der Waals surface area contributed by atoms with Crippen LogP contribution in [0.25, 0.3) is 0 Å². The molecule has 0 aliphatic carbocycles. The normalized spacial score (nSPS) is 10.9. The molecule has 0 aromatic carbocycles. The zero-order chi connectivity index (χ0) is 12.7. The summed E-state index contributed by atoms with van der Waals surface area (Å²) in [6, 6.07) is 0. The molecule has 0 N–H and O–H groups in total. The summed E-state index contributed by atoms with van der Waals surface area (Å²) in [5.74, 6) is 1.17. The van der Waals surface area contributed by atoms with E-state index in [2.05, 4.69) is 41.2 Å². The maximum absolute atomic E-state index is 12.1. The Labute approximate surface area is 101 Å². The first-order valence-electron chi connectivity index (χ1n) is 6.35. The first kappa shape index (κ1) is 15.2. The minimum atomic E-state index is 0.143. The van der Waals surface area contributed by atoms with Gasteiger partial charge < -0.3 is 4.90 Å². The van der Waals surface area contributed by atoms with Crippen LogP contribution < -0.4 is 0 Å². The van der Waals surface area contributed by atoms with Crippen LogP contribution >= 0.6 is 0 Å². The molecule has 0 spiro atoms. The Morgan fingerprint density at radius 3 is 1.88 bits per heavy atom. The van der Waals surface area contributed by atoms with Gasteiger partial charge in [-0.05, 0) is 18.3 Å². The fraction of sp³-hybridized carbons (Fsp3) is 0.786. The predicted octanol–water partition coefficient (Wildman–Crippen LogP) is 3.48. The maximum Gasteiger partial charge on any atom is 0.249 e. The van der Waals surface area contributed by atoms with Gasteiger partial charge in [0.2, 0.25) is 5.91 Å². The molecule has 16 heavy (non-hydrogen) atoms. The van der Waals surface area contributed by atoms with E-state index >= 15 is 0 Å². The van der Waals surface area contributed by atoms with Crippen LogP contribution in [0.1, 0.15) is 47.5 Å².